The van der Waals surface area contributed by atoms with Gasteiger partial charge < -0.3 is 15.4 Å². The smallest absolute Gasteiger partial charge is 0.810 e. The van der Waals surface area contributed by atoms with E-state index in [2.05, 4.69) is 60.2 Å². The Balaban J connectivity index is 0.000000182. The van der Waals surface area contributed by atoms with Gasteiger partial charge in [0, 0.05) is 6.20 Å². The number of aliphatic imine (C=N–C) groups is 1. The van der Waals surface area contributed by atoms with Crippen molar-refractivity contribution in [3.8, 4) is 11.3 Å². The molecule has 0 spiro atoms. The van der Waals surface area contributed by atoms with Crippen molar-refractivity contribution < 1.29 is 20.1 Å². The SMILES string of the molecule is CC(=Nc1cc2ccccc2cc1C=[N-])c1[c-]cccc1.Cc1cc(C)c2c[c-]c(-c3ccccn3)cc2c1.[Ir+3]. The van der Waals surface area contributed by atoms with Crippen LogP contribution in [0.5, 0.6) is 0 Å². The normalized spacial score (nSPS) is 10.9. The maximum Gasteiger partial charge on any atom is 3.00 e. The van der Waals surface area contributed by atoms with Gasteiger partial charge in [-0.15, -0.1) is 65.0 Å². The Morgan fingerprint density at radius 3 is 2.27 bits per heavy atom. The number of nitrogens with zero attached hydrogens (tertiary/aromatic N) is 3. The van der Waals surface area contributed by atoms with Gasteiger partial charge in [-0.2, -0.15) is 6.21 Å². The molecule has 0 amide bonds. The van der Waals surface area contributed by atoms with Gasteiger partial charge in [0.2, 0.25) is 0 Å². The number of hydrogen-bond donors (Lipinski definition) is 0. The third-order valence-corrected chi connectivity index (χ3v) is 6.60. The summed E-state index contributed by atoms with van der Waals surface area (Å²) < 4.78 is 0. The van der Waals surface area contributed by atoms with E-state index in [-0.39, 0.29) is 20.1 Å². The summed E-state index contributed by atoms with van der Waals surface area (Å²) in [5.74, 6) is 0. The van der Waals surface area contributed by atoms with Gasteiger partial charge >= 0.3 is 20.1 Å². The molecule has 0 aliphatic heterocycles. The summed E-state index contributed by atoms with van der Waals surface area (Å²) in [5.41, 5.74) is 7.90. The van der Waals surface area contributed by atoms with Crippen LogP contribution >= 0.6 is 0 Å². The molecule has 4 heteroatoms. The third-order valence-electron chi connectivity index (χ3n) is 6.60. The van der Waals surface area contributed by atoms with Crippen molar-refractivity contribution in [1.82, 2.24) is 4.98 Å². The van der Waals surface area contributed by atoms with E-state index >= 15 is 0 Å². The van der Waals surface area contributed by atoms with E-state index in [0.717, 1.165) is 45.2 Å². The number of aromatic nitrogens is 1. The van der Waals surface area contributed by atoms with Gasteiger partial charge in [0.05, 0.1) is 5.69 Å². The Labute approximate surface area is 249 Å². The Morgan fingerprint density at radius 2 is 1.57 bits per heavy atom. The molecule has 0 unspecified atom stereocenters. The topological polar surface area (TPSA) is 47.5 Å². The van der Waals surface area contributed by atoms with Crippen LogP contribution in [0.2, 0.25) is 0 Å². The average Bonchev–Trinajstić information content (AvgIpc) is 2.97. The van der Waals surface area contributed by atoms with Crippen molar-refractivity contribution in [2.45, 2.75) is 20.8 Å². The Bertz CT molecular complexity index is 1790. The molecule has 0 aliphatic carbocycles. The molecule has 0 aliphatic rings. The molecule has 5 aromatic carbocycles. The number of aryl methyl sites for hydroxylation is 2. The molecule has 0 atom stereocenters. The largest absolute Gasteiger partial charge is 3.00 e. The Hall–Kier alpha value is -4.24. The molecule has 0 radical (unpaired) electrons. The van der Waals surface area contributed by atoms with Crippen LogP contribution in [0.1, 0.15) is 29.2 Å². The van der Waals surface area contributed by atoms with Crippen molar-refractivity contribution in [3.05, 3.63) is 149 Å². The number of pyridine rings is 1. The fourth-order valence-electron chi connectivity index (χ4n) is 4.65. The van der Waals surface area contributed by atoms with Gasteiger partial charge in [-0.3, -0.25) is 0 Å². The molecule has 0 bridgehead atoms. The van der Waals surface area contributed by atoms with Crippen molar-refractivity contribution in [2.24, 2.45) is 4.99 Å². The molecule has 1 heterocycles. The van der Waals surface area contributed by atoms with E-state index in [9.17, 15) is 5.41 Å². The van der Waals surface area contributed by atoms with Gasteiger partial charge in [-0.1, -0.05) is 72.0 Å². The third kappa shape index (κ3) is 6.66. The second-order valence-corrected chi connectivity index (χ2v) is 9.51. The van der Waals surface area contributed by atoms with Crippen molar-refractivity contribution in [1.29, 1.82) is 0 Å². The summed E-state index contributed by atoms with van der Waals surface area (Å²) >= 11 is 0. The van der Waals surface area contributed by atoms with E-state index in [1.165, 1.54) is 21.9 Å². The second-order valence-electron chi connectivity index (χ2n) is 9.51. The molecule has 0 saturated carbocycles. The fraction of sp³-hybridized carbons (Fsp3) is 0.0833. The molecule has 6 rings (SSSR count). The molecule has 3 nitrogen and oxygen atoms in total. The molecule has 0 saturated heterocycles. The van der Waals surface area contributed by atoms with Crippen molar-refractivity contribution >= 4 is 39.2 Å². The first-order valence-corrected chi connectivity index (χ1v) is 12.9. The minimum atomic E-state index is 0. The Morgan fingerprint density at radius 1 is 0.825 bits per heavy atom. The first-order chi connectivity index (χ1) is 19.0. The number of rotatable bonds is 4. The predicted octanol–water partition coefficient (Wildman–Crippen LogP) is 9.09. The number of fused-ring (bicyclic) bond motifs is 2. The van der Waals surface area contributed by atoms with Crippen molar-refractivity contribution in [2.75, 3.05) is 0 Å². The van der Waals surface area contributed by atoms with Gasteiger partial charge in [0.15, 0.2) is 0 Å². The molecule has 1 aromatic heterocycles. The van der Waals surface area contributed by atoms with Gasteiger partial charge in [0.1, 0.15) is 0 Å². The van der Waals surface area contributed by atoms with Crippen LogP contribution in [-0.4, -0.2) is 16.9 Å². The standard InChI is InChI=1S/C19H14N2.C17H14N.Ir/c1-14(15-7-3-2-4-8-15)21-19-12-17-10-6-5-9-16(17)11-18(19)13-20;1-12-9-13(2)16-7-6-14(11-15(16)10-12)17-5-3-4-8-18-17;/h2-7,9-13H,1H3;3-5,7-11H,1-2H3;/q-2;-1;+3. The zero-order valence-corrected chi connectivity index (χ0v) is 25.0. The predicted molar refractivity (Wildman–Crippen MR) is 165 cm³/mol. The monoisotopic (exact) mass is 695 g/mol. The summed E-state index contributed by atoms with van der Waals surface area (Å²) in [4.78, 5) is 9.01. The van der Waals surface area contributed by atoms with E-state index < -0.39 is 0 Å². The van der Waals surface area contributed by atoms with E-state index in [1.54, 1.807) is 0 Å². The van der Waals surface area contributed by atoms with Crippen LogP contribution in [0.3, 0.4) is 0 Å². The summed E-state index contributed by atoms with van der Waals surface area (Å²) in [7, 11) is 0. The number of hydrogen-bond acceptors (Lipinski definition) is 2. The summed E-state index contributed by atoms with van der Waals surface area (Å²) in [6, 6.07) is 40.8. The van der Waals surface area contributed by atoms with Crippen LogP contribution in [0.25, 0.3) is 38.2 Å². The second kappa shape index (κ2) is 13.2. The summed E-state index contributed by atoms with van der Waals surface area (Å²) in [5, 5.41) is 14.2. The van der Waals surface area contributed by atoms with Gasteiger partial charge in [-0.05, 0) is 59.8 Å². The molecule has 0 fully saturated rings. The van der Waals surface area contributed by atoms with Crippen LogP contribution in [0.4, 0.5) is 5.69 Å². The van der Waals surface area contributed by atoms with Crippen molar-refractivity contribution in [3.63, 3.8) is 0 Å². The minimum Gasteiger partial charge on any atom is -0.810 e. The van der Waals surface area contributed by atoms with E-state index in [1.807, 2.05) is 92.0 Å². The maximum absolute atomic E-state index is 9.46. The summed E-state index contributed by atoms with van der Waals surface area (Å²) in [6.45, 7) is 6.22. The first kappa shape index (κ1) is 28.8. The van der Waals surface area contributed by atoms with Crippen LogP contribution in [0, 0.1) is 26.0 Å². The zero-order chi connectivity index (χ0) is 27.2. The minimum absolute atomic E-state index is 0. The molecule has 0 N–H and O–H groups in total. The van der Waals surface area contributed by atoms with Gasteiger partial charge in [0.25, 0.3) is 0 Å². The fourth-order valence-corrected chi connectivity index (χ4v) is 4.65. The van der Waals surface area contributed by atoms with E-state index in [0.29, 0.717) is 5.56 Å². The quantitative estimate of drug-likeness (QED) is 0.134. The van der Waals surface area contributed by atoms with E-state index in [4.69, 9.17) is 0 Å². The Kier molecular flexibility index (Phi) is 9.50. The molecule has 6 aromatic rings. The average molecular weight is 695 g/mol. The van der Waals surface area contributed by atoms with Crippen LogP contribution in [0.15, 0.2) is 114 Å². The molecule has 40 heavy (non-hydrogen) atoms. The molecular formula is C36H28IrN3. The number of benzene rings is 5. The van der Waals surface area contributed by atoms with Gasteiger partial charge in [-0.25, -0.2) is 0 Å². The molecular weight excluding hydrogens is 667 g/mol. The molecule has 196 valence electrons. The first-order valence-electron chi connectivity index (χ1n) is 12.9. The zero-order valence-electron chi connectivity index (χ0n) is 22.6. The summed E-state index contributed by atoms with van der Waals surface area (Å²) in [6.07, 6.45) is 2.92. The van der Waals surface area contributed by atoms with Crippen LogP contribution < -0.4 is 0 Å². The maximum atomic E-state index is 9.46. The van der Waals surface area contributed by atoms with Crippen LogP contribution in [-0.2, 0) is 20.1 Å².